The summed E-state index contributed by atoms with van der Waals surface area (Å²) in [6, 6.07) is 3.65. The van der Waals surface area contributed by atoms with Crippen LogP contribution in [0.5, 0.6) is 5.88 Å². The summed E-state index contributed by atoms with van der Waals surface area (Å²) in [4.78, 5) is 8.20. The van der Waals surface area contributed by atoms with E-state index in [2.05, 4.69) is 9.97 Å². The van der Waals surface area contributed by atoms with Gasteiger partial charge in [-0.2, -0.15) is 4.98 Å². The highest BCUT2D eigenvalue weighted by molar-refractivity contribution is 6.30. The lowest BCUT2D eigenvalue weighted by Gasteiger charge is -2.08. The van der Waals surface area contributed by atoms with Crippen molar-refractivity contribution in [3.8, 4) is 5.88 Å². The van der Waals surface area contributed by atoms with Gasteiger partial charge in [-0.05, 0) is 26.0 Å². The molecule has 0 amide bonds. The van der Waals surface area contributed by atoms with Gasteiger partial charge in [0.1, 0.15) is 23.3 Å². The summed E-state index contributed by atoms with van der Waals surface area (Å²) < 4.78 is 10.7. The van der Waals surface area contributed by atoms with Crippen molar-refractivity contribution in [2.45, 2.75) is 20.5 Å². The van der Waals surface area contributed by atoms with Gasteiger partial charge in [-0.25, -0.2) is 4.98 Å². The summed E-state index contributed by atoms with van der Waals surface area (Å²) in [7, 11) is 0. The molecule has 0 saturated carbocycles. The summed E-state index contributed by atoms with van der Waals surface area (Å²) in [6.45, 7) is 3.92. The van der Waals surface area contributed by atoms with Crippen molar-refractivity contribution in [2.75, 3.05) is 0 Å². The molecule has 0 aliphatic carbocycles. The highest BCUT2D eigenvalue weighted by atomic mass is 35.5. The Morgan fingerprint density at radius 3 is 2.88 bits per heavy atom. The molecule has 0 bridgehead atoms. The van der Waals surface area contributed by atoms with Crippen LogP contribution in [0, 0.1) is 13.8 Å². The first-order valence-electron chi connectivity index (χ1n) is 4.82. The second kappa shape index (κ2) is 4.53. The second-order valence-corrected chi connectivity index (χ2v) is 3.72. The Kier molecular flexibility index (Phi) is 3.10. The van der Waals surface area contributed by atoms with E-state index in [1.807, 2.05) is 19.1 Å². The minimum atomic E-state index is 0.334. The smallest absolute Gasteiger partial charge is 0.221 e. The quantitative estimate of drug-likeness (QED) is 0.772. The molecule has 0 fully saturated rings. The molecule has 0 unspecified atom stereocenters. The first-order chi connectivity index (χ1) is 7.66. The molecule has 0 saturated heterocycles. The molecule has 2 aromatic rings. The number of rotatable bonds is 3. The van der Waals surface area contributed by atoms with Gasteiger partial charge in [0, 0.05) is 5.56 Å². The molecule has 4 nitrogen and oxygen atoms in total. The van der Waals surface area contributed by atoms with Gasteiger partial charge >= 0.3 is 0 Å². The van der Waals surface area contributed by atoms with Gasteiger partial charge in [-0.3, -0.25) is 0 Å². The Bertz CT molecular complexity index is 483. The standard InChI is InChI=1S/C11H11ClN2O2/c1-7-10(12)13-8(2)14-11(7)16-6-9-4-3-5-15-9/h3-5H,6H2,1-2H3. The normalized spacial score (nSPS) is 10.4. The Labute approximate surface area is 98.2 Å². The van der Waals surface area contributed by atoms with Crippen LogP contribution in [0.15, 0.2) is 22.8 Å². The molecule has 0 aliphatic rings. The van der Waals surface area contributed by atoms with E-state index in [1.54, 1.807) is 13.2 Å². The fraction of sp³-hybridized carbons (Fsp3) is 0.273. The molecule has 84 valence electrons. The Balaban J connectivity index is 2.15. The fourth-order valence-corrected chi connectivity index (χ4v) is 1.45. The third-order valence-corrected chi connectivity index (χ3v) is 2.45. The molecule has 5 heteroatoms. The van der Waals surface area contributed by atoms with E-state index in [0.717, 1.165) is 11.3 Å². The molecule has 0 N–H and O–H groups in total. The topological polar surface area (TPSA) is 48.2 Å². The molecule has 0 radical (unpaired) electrons. The SMILES string of the molecule is Cc1nc(Cl)c(C)c(OCc2ccco2)n1. The maximum atomic E-state index is 5.93. The van der Waals surface area contributed by atoms with Crippen LogP contribution in [0.3, 0.4) is 0 Å². The number of aryl methyl sites for hydroxylation is 1. The van der Waals surface area contributed by atoms with Crippen molar-refractivity contribution in [1.29, 1.82) is 0 Å². The number of halogens is 1. The van der Waals surface area contributed by atoms with E-state index in [-0.39, 0.29) is 0 Å². The van der Waals surface area contributed by atoms with Gasteiger partial charge in [0.05, 0.1) is 6.26 Å². The summed E-state index contributed by atoms with van der Waals surface area (Å²) in [5, 5.41) is 0.418. The van der Waals surface area contributed by atoms with Gasteiger partial charge < -0.3 is 9.15 Å². The number of furan rings is 1. The maximum absolute atomic E-state index is 5.93. The van der Waals surface area contributed by atoms with Crippen molar-refractivity contribution < 1.29 is 9.15 Å². The van der Waals surface area contributed by atoms with Gasteiger partial charge in [-0.15, -0.1) is 0 Å². The summed E-state index contributed by atoms with van der Waals surface area (Å²) >= 11 is 5.93. The number of aromatic nitrogens is 2. The molecule has 2 rings (SSSR count). The average Bonchev–Trinajstić information content (AvgIpc) is 2.74. The van der Waals surface area contributed by atoms with Crippen molar-refractivity contribution in [1.82, 2.24) is 9.97 Å². The molecule has 0 aromatic carbocycles. The number of nitrogens with zero attached hydrogens (tertiary/aromatic N) is 2. The molecule has 2 heterocycles. The summed E-state index contributed by atoms with van der Waals surface area (Å²) in [5.41, 5.74) is 0.735. The van der Waals surface area contributed by atoms with E-state index in [1.165, 1.54) is 0 Å². The van der Waals surface area contributed by atoms with Crippen LogP contribution in [-0.4, -0.2) is 9.97 Å². The molecule has 0 aliphatic heterocycles. The molecule has 16 heavy (non-hydrogen) atoms. The Hall–Kier alpha value is -1.55. The lowest BCUT2D eigenvalue weighted by molar-refractivity contribution is 0.258. The Morgan fingerprint density at radius 1 is 1.38 bits per heavy atom. The van der Waals surface area contributed by atoms with Gasteiger partial charge in [0.2, 0.25) is 5.88 Å². The van der Waals surface area contributed by atoms with Gasteiger partial charge in [0.15, 0.2) is 0 Å². The minimum absolute atomic E-state index is 0.334. The van der Waals surface area contributed by atoms with Crippen molar-refractivity contribution in [2.24, 2.45) is 0 Å². The zero-order valence-corrected chi connectivity index (χ0v) is 9.78. The van der Waals surface area contributed by atoms with E-state index >= 15 is 0 Å². The predicted octanol–water partition coefficient (Wildman–Crippen LogP) is 2.92. The molecule has 0 atom stereocenters. The molecule has 2 aromatic heterocycles. The van der Waals surface area contributed by atoms with Crippen LogP contribution < -0.4 is 4.74 Å². The third kappa shape index (κ3) is 2.33. The highest BCUT2D eigenvalue weighted by Crippen LogP contribution is 2.22. The van der Waals surface area contributed by atoms with Crippen LogP contribution in [0.25, 0.3) is 0 Å². The zero-order valence-electron chi connectivity index (χ0n) is 9.03. The van der Waals surface area contributed by atoms with Crippen molar-refractivity contribution in [3.63, 3.8) is 0 Å². The fourth-order valence-electron chi connectivity index (χ4n) is 1.24. The molecule has 0 spiro atoms. The van der Waals surface area contributed by atoms with Crippen molar-refractivity contribution >= 4 is 11.6 Å². The Morgan fingerprint density at radius 2 is 2.19 bits per heavy atom. The van der Waals surface area contributed by atoms with Gasteiger partial charge in [0.25, 0.3) is 0 Å². The largest absolute Gasteiger partial charge is 0.469 e. The van der Waals surface area contributed by atoms with Crippen LogP contribution in [-0.2, 0) is 6.61 Å². The molecular formula is C11H11ClN2O2. The summed E-state index contributed by atoms with van der Waals surface area (Å²) in [6.07, 6.45) is 1.60. The predicted molar refractivity (Wildman–Crippen MR) is 59.6 cm³/mol. The minimum Gasteiger partial charge on any atom is -0.469 e. The first kappa shape index (κ1) is 11.0. The van der Waals surface area contributed by atoms with Crippen LogP contribution in [0.2, 0.25) is 5.15 Å². The van der Waals surface area contributed by atoms with E-state index in [9.17, 15) is 0 Å². The maximum Gasteiger partial charge on any atom is 0.221 e. The highest BCUT2D eigenvalue weighted by Gasteiger charge is 2.09. The lowest BCUT2D eigenvalue weighted by atomic mass is 10.3. The van der Waals surface area contributed by atoms with Crippen LogP contribution >= 0.6 is 11.6 Å². The third-order valence-electron chi connectivity index (χ3n) is 2.08. The number of hydrogen-bond donors (Lipinski definition) is 0. The van der Waals surface area contributed by atoms with E-state index < -0.39 is 0 Å². The van der Waals surface area contributed by atoms with E-state index in [4.69, 9.17) is 20.8 Å². The second-order valence-electron chi connectivity index (χ2n) is 3.36. The average molecular weight is 239 g/mol. The molecular weight excluding hydrogens is 228 g/mol. The number of ether oxygens (including phenoxy) is 1. The van der Waals surface area contributed by atoms with Crippen molar-refractivity contribution in [3.05, 3.63) is 40.7 Å². The van der Waals surface area contributed by atoms with E-state index in [0.29, 0.717) is 23.5 Å². The van der Waals surface area contributed by atoms with Crippen LogP contribution in [0.4, 0.5) is 0 Å². The number of hydrogen-bond acceptors (Lipinski definition) is 4. The van der Waals surface area contributed by atoms with Gasteiger partial charge in [-0.1, -0.05) is 11.6 Å². The zero-order chi connectivity index (χ0) is 11.5. The van der Waals surface area contributed by atoms with Crippen LogP contribution in [0.1, 0.15) is 17.1 Å². The monoisotopic (exact) mass is 238 g/mol. The summed E-state index contributed by atoms with van der Waals surface area (Å²) in [5.74, 6) is 1.82. The lowest BCUT2D eigenvalue weighted by Crippen LogP contribution is -2.01. The first-order valence-corrected chi connectivity index (χ1v) is 5.20.